The van der Waals surface area contributed by atoms with Gasteiger partial charge in [0.15, 0.2) is 0 Å². The number of carbonyl (C=O) groups excluding carboxylic acids is 1. The van der Waals surface area contributed by atoms with Crippen LogP contribution in [0.1, 0.15) is 49.7 Å². The van der Waals surface area contributed by atoms with Crippen molar-refractivity contribution >= 4 is 5.91 Å². The van der Waals surface area contributed by atoms with Crippen molar-refractivity contribution in [2.24, 2.45) is 0 Å². The molecule has 2 aromatic rings. The van der Waals surface area contributed by atoms with Gasteiger partial charge in [0.2, 0.25) is 5.91 Å². The lowest BCUT2D eigenvalue weighted by atomic mass is 10.0. The summed E-state index contributed by atoms with van der Waals surface area (Å²) in [6.07, 6.45) is 7.66. The number of aryl methyl sites for hydroxylation is 1. The Morgan fingerprint density at radius 1 is 0.696 bits per heavy atom. The first-order valence-corrected chi connectivity index (χ1v) is 8.69. The first-order chi connectivity index (χ1) is 11.3. The summed E-state index contributed by atoms with van der Waals surface area (Å²) in [5.41, 5.74) is 2.58. The Kier molecular flexibility index (Phi) is 7.96. The summed E-state index contributed by atoms with van der Waals surface area (Å²) >= 11 is 0. The number of benzene rings is 2. The summed E-state index contributed by atoms with van der Waals surface area (Å²) in [6.45, 7) is 0.636. The van der Waals surface area contributed by atoms with Crippen molar-refractivity contribution in [3.63, 3.8) is 0 Å². The number of hydrogen-bond acceptors (Lipinski definition) is 1. The highest BCUT2D eigenvalue weighted by Gasteiger charge is 2.01. The Labute approximate surface area is 139 Å². The highest BCUT2D eigenvalue weighted by atomic mass is 16.1. The van der Waals surface area contributed by atoms with Crippen LogP contribution in [0.25, 0.3) is 0 Å². The molecule has 2 aromatic carbocycles. The zero-order valence-corrected chi connectivity index (χ0v) is 13.8. The van der Waals surface area contributed by atoms with Crippen LogP contribution in [0.4, 0.5) is 0 Å². The SMILES string of the molecule is O=C(CCCCCCCc1ccccc1)NCc1ccccc1. The van der Waals surface area contributed by atoms with Crippen molar-refractivity contribution in [3.05, 3.63) is 71.8 Å². The van der Waals surface area contributed by atoms with Gasteiger partial charge < -0.3 is 5.32 Å². The molecule has 1 amide bonds. The second kappa shape index (κ2) is 10.6. The molecule has 2 nitrogen and oxygen atoms in total. The molecule has 0 radical (unpaired) electrons. The maximum atomic E-state index is 11.8. The molecule has 0 aliphatic heterocycles. The van der Waals surface area contributed by atoms with E-state index in [1.165, 1.54) is 31.2 Å². The third-order valence-electron chi connectivity index (χ3n) is 4.04. The van der Waals surface area contributed by atoms with Crippen molar-refractivity contribution in [2.75, 3.05) is 0 Å². The first kappa shape index (κ1) is 17.3. The molecule has 0 aliphatic rings. The van der Waals surface area contributed by atoms with E-state index in [1.54, 1.807) is 0 Å². The van der Waals surface area contributed by atoms with Crippen LogP contribution >= 0.6 is 0 Å². The predicted molar refractivity (Wildman–Crippen MR) is 96.1 cm³/mol. The van der Waals surface area contributed by atoms with Crippen molar-refractivity contribution in [3.8, 4) is 0 Å². The molecular formula is C21H27NO. The smallest absolute Gasteiger partial charge is 0.220 e. The van der Waals surface area contributed by atoms with Crippen LogP contribution in [0.15, 0.2) is 60.7 Å². The van der Waals surface area contributed by atoms with E-state index in [4.69, 9.17) is 0 Å². The molecule has 122 valence electrons. The minimum Gasteiger partial charge on any atom is -0.352 e. The molecule has 0 bridgehead atoms. The molecule has 2 heteroatoms. The number of unbranched alkanes of at least 4 members (excludes halogenated alkanes) is 4. The zero-order chi connectivity index (χ0) is 16.2. The molecule has 0 spiro atoms. The molecule has 0 heterocycles. The van der Waals surface area contributed by atoms with Crippen molar-refractivity contribution in [1.82, 2.24) is 5.32 Å². The minimum absolute atomic E-state index is 0.165. The lowest BCUT2D eigenvalue weighted by Gasteiger charge is -2.05. The van der Waals surface area contributed by atoms with Crippen LogP contribution in [0, 0.1) is 0 Å². The van der Waals surface area contributed by atoms with Crippen molar-refractivity contribution < 1.29 is 4.79 Å². The summed E-state index contributed by atoms with van der Waals surface area (Å²) in [7, 11) is 0. The largest absolute Gasteiger partial charge is 0.352 e. The topological polar surface area (TPSA) is 29.1 Å². The molecule has 0 saturated carbocycles. The maximum absolute atomic E-state index is 11.8. The molecule has 0 saturated heterocycles. The summed E-state index contributed by atoms with van der Waals surface area (Å²) in [5.74, 6) is 0.165. The Morgan fingerprint density at radius 2 is 1.26 bits per heavy atom. The fraction of sp³-hybridized carbons (Fsp3) is 0.381. The first-order valence-electron chi connectivity index (χ1n) is 8.69. The molecule has 1 N–H and O–H groups in total. The van der Waals surface area contributed by atoms with E-state index in [2.05, 4.69) is 35.6 Å². The van der Waals surface area contributed by atoms with Gasteiger partial charge in [0, 0.05) is 13.0 Å². The average molecular weight is 309 g/mol. The monoisotopic (exact) mass is 309 g/mol. The number of nitrogens with one attached hydrogen (secondary N) is 1. The van der Waals surface area contributed by atoms with Gasteiger partial charge in [-0.15, -0.1) is 0 Å². The van der Waals surface area contributed by atoms with E-state index in [0.29, 0.717) is 13.0 Å². The second-order valence-electron chi connectivity index (χ2n) is 6.02. The van der Waals surface area contributed by atoms with Gasteiger partial charge in [0.05, 0.1) is 0 Å². The third-order valence-corrected chi connectivity index (χ3v) is 4.04. The lowest BCUT2D eigenvalue weighted by molar-refractivity contribution is -0.121. The van der Waals surface area contributed by atoms with Crippen LogP contribution in [-0.2, 0) is 17.8 Å². The second-order valence-corrected chi connectivity index (χ2v) is 6.02. The Bertz CT molecular complexity index is 551. The van der Waals surface area contributed by atoms with Gasteiger partial charge in [-0.3, -0.25) is 4.79 Å². The van der Waals surface area contributed by atoms with Crippen LogP contribution in [0.2, 0.25) is 0 Å². The molecule has 0 aliphatic carbocycles. The molecular weight excluding hydrogens is 282 g/mol. The summed E-state index contributed by atoms with van der Waals surface area (Å²) in [6, 6.07) is 20.7. The maximum Gasteiger partial charge on any atom is 0.220 e. The lowest BCUT2D eigenvalue weighted by Crippen LogP contribution is -2.22. The quantitative estimate of drug-likeness (QED) is 0.622. The van der Waals surface area contributed by atoms with E-state index >= 15 is 0 Å². The van der Waals surface area contributed by atoms with E-state index in [1.807, 2.05) is 30.3 Å². The van der Waals surface area contributed by atoms with Crippen LogP contribution in [0.3, 0.4) is 0 Å². The van der Waals surface area contributed by atoms with Gasteiger partial charge in [0.1, 0.15) is 0 Å². The van der Waals surface area contributed by atoms with Gasteiger partial charge in [-0.2, -0.15) is 0 Å². The van der Waals surface area contributed by atoms with Gasteiger partial charge in [-0.05, 0) is 30.4 Å². The minimum atomic E-state index is 0.165. The Hall–Kier alpha value is -2.09. The standard InChI is InChI=1S/C21H27NO/c23-21(22-18-20-15-9-5-10-16-20)17-11-3-1-2-6-12-19-13-7-4-8-14-19/h4-5,7-10,13-16H,1-3,6,11-12,17-18H2,(H,22,23). The number of carbonyl (C=O) groups is 1. The van der Waals surface area contributed by atoms with Gasteiger partial charge >= 0.3 is 0 Å². The van der Waals surface area contributed by atoms with Crippen LogP contribution in [0.5, 0.6) is 0 Å². The van der Waals surface area contributed by atoms with Crippen molar-refractivity contribution in [1.29, 1.82) is 0 Å². The van der Waals surface area contributed by atoms with Crippen molar-refractivity contribution in [2.45, 2.75) is 51.5 Å². The van der Waals surface area contributed by atoms with E-state index in [9.17, 15) is 4.79 Å². The molecule has 2 rings (SSSR count). The fourth-order valence-electron chi connectivity index (χ4n) is 2.67. The van der Waals surface area contributed by atoms with Gasteiger partial charge in [-0.1, -0.05) is 79.9 Å². The Morgan fingerprint density at radius 3 is 1.96 bits per heavy atom. The number of amides is 1. The summed E-state index contributed by atoms with van der Waals surface area (Å²) in [5, 5.41) is 2.98. The van der Waals surface area contributed by atoms with Crippen LogP contribution < -0.4 is 5.32 Å². The van der Waals surface area contributed by atoms with E-state index in [-0.39, 0.29) is 5.91 Å². The average Bonchev–Trinajstić information content (AvgIpc) is 2.61. The van der Waals surface area contributed by atoms with E-state index < -0.39 is 0 Å². The number of rotatable bonds is 10. The fourth-order valence-corrected chi connectivity index (χ4v) is 2.67. The molecule has 0 atom stereocenters. The van der Waals surface area contributed by atoms with E-state index in [0.717, 1.165) is 18.4 Å². The third kappa shape index (κ3) is 7.64. The predicted octanol–water partition coefficient (Wildman–Crippen LogP) is 4.89. The summed E-state index contributed by atoms with van der Waals surface area (Å²) < 4.78 is 0. The number of hydrogen-bond donors (Lipinski definition) is 1. The van der Waals surface area contributed by atoms with Gasteiger partial charge in [0.25, 0.3) is 0 Å². The molecule has 0 aromatic heterocycles. The molecule has 0 unspecified atom stereocenters. The van der Waals surface area contributed by atoms with Crippen LogP contribution in [-0.4, -0.2) is 5.91 Å². The normalized spacial score (nSPS) is 10.4. The molecule has 23 heavy (non-hydrogen) atoms. The molecule has 0 fully saturated rings. The highest BCUT2D eigenvalue weighted by Crippen LogP contribution is 2.09. The van der Waals surface area contributed by atoms with Gasteiger partial charge in [-0.25, -0.2) is 0 Å². The zero-order valence-electron chi connectivity index (χ0n) is 13.8. The summed E-state index contributed by atoms with van der Waals surface area (Å²) in [4.78, 5) is 11.8. The Balaban J connectivity index is 1.45. The highest BCUT2D eigenvalue weighted by molar-refractivity contribution is 5.75.